The Kier molecular flexibility index (Phi) is 3.84. The Morgan fingerprint density at radius 1 is 1.45 bits per heavy atom. The van der Waals surface area contributed by atoms with Crippen molar-refractivity contribution in [2.45, 2.75) is 25.9 Å². The van der Waals surface area contributed by atoms with E-state index >= 15 is 0 Å². The maximum absolute atomic E-state index is 5.62. The molecule has 1 unspecified atom stereocenters. The molecule has 3 rings (SSSR count). The highest BCUT2D eigenvalue weighted by molar-refractivity contribution is 5.67. The average molecular weight is 276 g/mol. The Bertz CT molecular complexity index is 576. The second kappa shape index (κ2) is 5.76. The zero-order valence-corrected chi connectivity index (χ0v) is 11.9. The Morgan fingerprint density at radius 3 is 3.10 bits per heavy atom. The van der Waals surface area contributed by atoms with Gasteiger partial charge in [-0.3, -0.25) is 0 Å². The van der Waals surface area contributed by atoms with Crippen molar-refractivity contribution in [1.82, 2.24) is 14.6 Å². The third-order valence-corrected chi connectivity index (χ3v) is 3.38. The van der Waals surface area contributed by atoms with Gasteiger partial charge in [-0.2, -0.15) is 5.10 Å². The van der Waals surface area contributed by atoms with Gasteiger partial charge in [0.2, 0.25) is 0 Å². The van der Waals surface area contributed by atoms with Crippen molar-refractivity contribution in [1.29, 1.82) is 0 Å². The van der Waals surface area contributed by atoms with Gasteiger partial charge in [-0.15, -0.1) is 0 Å². The second-order valence-corrected chi connectivity index (χ2v) is 5.28. The zero-order chi connectivity index (χ0) is 13.9. The number of aromatic nitrogens is 3. The molecule has 108 valence electrons. The first-order valence-electron chi connectivity index (χ1n) is 7.01. The molecule has 3 heterocycles. The minimum absolute atomic E-state index is 0.0818. The molecular weight excluding hydrogens is 256 g/mol. The lowest BCUT2D eigenvalue weighted by molar-refractivity contribution is -0.0819. The standard InChI is InChI=1S/C14H20N4O2/c1-10(2)12-7-13-14(15-3-4-18(13)17-12)16-8-11-9-19-5-6-20-11/h3-4,7,10-11H,5-6,8-9H2,1-2H3,(H,15,16). The summed E-state index contributed by atoms with van der Waals surface area (Å²) >= 11 is 0. The Hall–Kier alpha value is -1.66. The SMILES string of the molecule is CC(C)c1cc2c(NCC3COCCO3)nccn2n1. The van der Waals surface area contributed by atoms with Gasteiger partial charge in [0.15, 0.2) is 5.82 Å². The molecule has 6 heteroatoms. The van der Waals surface area contributed by atoms with Gasteiger partial charge in [-0.1, -0.05) is 13.8 Å². The summed E-state index contributed by atoms with van der Waals surface area (Å²) in [7, 11) is 0. The molecule has 0 aromatic carbocycles. The summed E-state index contributed by atoms with van der Waals surface area (Å²) in [5.74, 6) is 1.24. The smallest absolute Gasteiger partial charge is 0.152 e. The molecule has 0 amide bonds. The number of nitrogens with zero attached hydrogens (tertiary/aromatic N) is 3. The highest BCUT2D eigenvalue weighted by atomic mass is 16.6. The summed E-state index contributed by atoms with van der Waals surface area (Å²) in [6.07, 6.45) is 3.70. The minimum atomic E-state index is 0.0818. The summed E-state index contributed by atoms with van der Waals surface area (Å²) < 4.78 is 12.9. The lowest BCUT2D eigenvalue weighted by Crippen LogP contribution is -2.34. The lowest BCUT2D eigenvalue weighted by Gasteiger charge is -2.23. The number of anilines is 1. The number of ether oxygens (including phenoxy) is 2. The maximum atomic E-state index is 5.62. The van der Waals surface area contributed by atoms with Gasteiger partial charge in [0.1, 0.15) is 5.52 Å². The summed E-state index contributed by atoms with van der Waals surface area (Å²) in [5.41, 5.74) is 2.06. The fourth-order valence-corrected chi connectivity index (χ4v) is 2.22. The van der Waals surface area contributed by atoms with E-state index in [9.17, 15) is 0 Å². The minimum Gasteiger partial charge on any atom is -0.376 e. The van der Waals surface area contributed by atoms with E-state index in [0.29, 0.717) is 32.3 Å². The first kappa shape index (κ1) is 13.3. The Balaban J connectivity index is 1.76. The van der Waals surface area contributed by atoms with E-state index < -0.39 is 0 Å². The molecule has 1 saturated heterocycles. The zero-order valence-electron chi connectivity index (χ0n) is 11.9. The van der Waals surface area contributed by atoms with Gasteiger partial charge < -0.3 is 14.8 Å². The number of hydrogen-bond donors (Lipinski definition) is 1. The van der Waals surface area contributed by atoms with Crippen LogP contribution in [-0.2, 0) is 9.47 Å². The third-order valence-electron chi connectivity index (χ3n) is 3.38. The van der Waals surface area contributed by atoms with Crippen LogP contribution < -0.4 is 5.32 Å². The van der Waals surface area contributed by atoms with Crippen LogP contribution in [0.2, 0.25) is 0 Å². The van der Waals surface area contributed by atoms with E-state index in [2.05, 4.69) is 35.3 Å². The largest absolute Gasteiger partial charge is 0.376 e. The van der Waals surface area contributed by atoms with Crippen molar-refractivity contribution >= 4 is 11.3 Å². The van der Waals surface area contributed by atoms with Gasteiger partial charge in [0.05, 0.1) is 31.6 Å². The monoisotopic (exact) mass is 276 g/mol. The van der Waals surface area contributed by atoms with Crippen LogP contribution in [0.4, 0.5) is 5.82 Å². The van der Waals surface area contributed by atoms with Crippen molar-refractivity contribution < 1.29 is 9.47 Å². The fraction of sp³-hybridized carbons (Fsp3) is 0.571. The van der Waals surface area contributed by atoms with Crippen molar-refractivity contribution in [2.75, 3.05) is 31.7 Å². The van der Waals surface area contributed by atoms with Gasteiger partial charge in [0.25, 0.3) is 0 Å². The van der Waals surface area contributed by atoms with E-state index in [-0.39, 0.29) is 6.10 Å². The molecule has 0 bridgehead atoms. The second-order valence-electron chi connectivity index (χ2n) is 5.28. The van der Waals surface area contributed by atoms with Gasteiger partial charge >= 0.3 is 0 Å². The average Bonchev–Trinajstić information content (AvgIpc) is 2.91. The summed E-state index contributed by atoms with van der Waals surface area (Å²) in [4.78, 5) is 4.40. The summed E-state index contributed by atoms with van der Waals surface area (Å²) in [6, 6.07) is 2.08. The van der Waals surface area contributed by atoms with Crippen LogP contribution in [0.15, 0.2) is 18.5 Å². The number of nitrogens with one attached hydrogen (secondary N) is 1. The first-order valence-corrected chi connectivity index (χ1v) is 7.01. The molecule has 1 N–H and O–H groups in total. The molecule has 1 aliphatic heterocycles. The third kappa shape index (κ3) is 2.76. The number of hydrogen-bond acceptors (Lipinski definition) is 5. The molecule has 2 aromatic heterocycles. The topological polar surface area (TPSA) is 60.7 Å². The van der Waals surface area contributed by atoms with Crippen LogP contribution in [0.1, 0.15) is 25.5 Å². The van der Waals surface area contributed by atoms with Crippen LogP contribution >= 0.6 is 0 Å². The molecule has 0 aliphatic carbocycles. The van der Waals surface area contributed by atoms with E-state index in [0.717, 1.165) is 17.0 Å². The van der Waals surface area contributed by atoms with Crippen LogP contribution in [0.5, 0.6) is 0 Å². The quantitative estimate of drug-likeness (QED) is 0.920. The summed E-state index contributed by atoms with van der Waals surface area (Å²) in [6.45, 7) is 6.94. The molecule has 2 aromatic rings. The predicted molar refractivity (Wildman–Crippen MR) is 76.1 cm³/mol. The number of rotatable bonds is 4. The van der Waals surface area contributed by atoms with Crippen molar-refractivity contribution in [2.24, 2.45) is 0 Å². The first-order chi connectivity index (χ1) is 9.74. The molecule has 1 aliphatic rings. The van der Waals surface area contributed by atoms with E-state index in [1.54, 1.807) is 6.20 Å². The van der Waals surface area contributed by atoms with Gasteiger partial charge in [-0.05, 0) is 12.0 Å². The van der Waals surface area contributed by atoms with Crippen LogP contribution in [0.25, 0.3) is 5.52 Å². The predicted octanol–water partition coefficient (Wildman–Crippen LogP) is 1.68. The molecule has 20 heavy (non-hydrogen) atoms. The summed E-state index contributed by atoms with van der Waals surface area (Å²) in [5, 5.41) is 7.88. The van der Waals surface area contributed by atoms with Crippen molar-refractivity contribution in [3.05, 3.63) is 24.2 Å². The van der Waals surface area contributed by atoms with Gasteiger partial charge in [0, 0.05) is 18.9 Å². The highest BCUT2D eigenvalue weighted by Crippen LogP contribution is 2.20. The normalized spacial score (nSPS) is 19.6. The van der Waals surface area contributed by atoms with Crippen LogP contribution in [0.3, 0.4) is 0 Å². The molecule has 0 radical (unpaired) electrons. The Morgan fingerprint density at radius 2 is 2.35 bits per heavy atom. The van der Waals surface area contributed by atoms with Crippen molar-refractivity contribution in [3.63, 3.8) is 0 Å². The van der Waals surface area contributed by atoms with E-state index in [1.165, 1.54) is 0 Å². The van der Waals surface area contributed by atoms with E-state index in [1.807, 2.05) is 10.7 Å². The van der Waals surface area contributed by atoms with Gasteiger partial charge in [-0.25, -0.2) is 9.50 Å². The lowest BCUT2D eigenvalue weighted by atomic mass is 10.1. The molecule has 6 nitrogen and oxygen atoms in total. The molecule has 0 saturated carbocycles. The fourth-order valence-electron chi connectivity index (χ4n) is 2.22. The maximum Gasteiger partial charge on any atom is 0.152 e. The number of fused-ring (bicyclic) bond motifs is 1. The van der Waals surface area contributed by atoms with Crippen LogP contribution in [0, 0.1) is 0 Å². The molecule has 0 spiro atoms. The van der Waals surface area contributed by atoms with E-state index in [4.69, 9.17) is 9.47 Å². The highest BCUT2D eigenvalue weighted by Gasteiger charge is 2.15. The molecule has 1 fully saturated rings. The van der Waals surface area contributed by atoms with Crippen LogP contribution in [-0.4, -0.2) is 47.1 Å². The molecule has 1 atom stereocenters. The van der Waals surface area contributed by atoms with Crippen molar-refractivity contribution in [3.8, 4) is 0 Å². The molecular formula is C14H20N4O2. The Labute approximate surface area is 118 Å².